The Hall–Kier alpha value is -2.81. The van der Waals surface area contributed by atoms with E-state index in [2.05, 4.69) is 6.07 Å². The van der Waals surface area contributed by atoms with Crippen LogP contribution in [0.3, 0.4) is 0 Å². The maximum Gasteiger partial charge on any atom is 0.332 e. The molecule has 0 aliphatic heterocycles. The van der Waals surface area contributed by atoms with Crippen LogP contribution in [0.1, 0.15) is 12.5 Å². The molecule has 0 bridgehead atoms. The van der Waals surface area contributed by atoms with Crippen LogP contribution in [0.15, 0.2) is 72.9 Å². The molecule has 0 N–H and O–H groups in total. The topological polar surface area (TPSA) is 31.2 Å². The number of para-hydroxylation sites is 1. The van der Waals surface area contributed by atoms with E-state index in [4.69, 9.17) is 4.74 Å². The van der Waals surface area contributed by atoms with Gasteiger partial charge in [-0.3, -0.25) is 0 Å². The van der Waals surface area contributed by atoms with E-state index in [0.717, 1.165) is 22.2 Å². The number of rotatable bonds is 4. The van der Waals surface area contributed by atoms with Gasteiger partial charge in [0.1, 0.15) is 0 Å². The van der Waals surface area contributed by atoms with E-state index >= 15 is 0 Å². The Balaban J connectivity index is 2.15. The predicted molar refractivity (Wildman–Crippen MR) is 88.4 cm³/mol. The van der Waals surface area contributed by atoms with Crippen LogP contribution < -0.4 is 0 Å². The van der Waals surface area contributed by atoms with Gasteiger partial charge >= 0.3 is 5.97 Å². The minimum atomic E-state index is -0.334. The fourth-order valence-electron chi connectivity index (χ4n) is 2.49. The highest BCUT2D eigenvalue weighted by atomic mass is 16.5. The van der Waals surface area contributed by atoms with Crippen LogP contribution in [0.5, 0.6) is 0 Å². The molecule has 0 saturated carbocycles. The molecule has 3 nitrogen and oxygen atoms in total. The van der Waals surface area contributed by atoms with Crippen molar-refractivity contribution in [2.75, 3.05) is 6.61 Å². The first-order chi connectivity index (χ1) is 10.8. The smallest absolute Gasteiger partial charge is 0.332 e. The second kappa shape index (κ2) is 6.31. The van der Waals surface area contributed by atoms with Crippen molar-refractivity contribution in [1.82, 2.24) is 4.57 Å². The Labute approximate surface area is 129 Å². The summed E-state index contributed by atoms with van der Waals surface area (Å²) in [5.74, 6) is -0.334. The number of nitrogens with zero attached hydrogens (tertiary/aromatic N) is 1. The molecule has 1 heterocycles. The highest BCUT2D eigenvalue weighted by molar-refractivity contribution is 5.94. The van der Waals surface area contributed by atoms with Crippen LogP contribution in [0.2, 0.25) is 0 Å². The Morgan fingerprint density at radius 2 is 1.77 bits per heavy atom. The van der Waals surface area contributed by atoms with Gasteiger partial charge in [0.15, 0.2) is 0 Å². The van der Waals surface area contributed by atoms with Crippen LogP contribution in [-0.2, 0) is 9.53 Å². The molecule has 3 aromatic rings. The largest absolute Gasteiger partial charge is 0.463 e. The molecule has 0 radical (unpaired) electrons. The minimum Gasteiger partial charge on any atom is -0.463 e. The molecule has 0 unspecified atom stereocenters. The van der Waals surface area contributed by atoms with Crippen molar-refractivity contribution in [3.63, 3.8) is 0 Å². The lowest BCUT2D eigenvalue weighted by molar-refractivity contribution is -0.137. The van der Waals surface area contributed by atoms with E-state index in [1.54, 1.807) is 13.0 Å². The molecule has 0 atom stereocenters. The summed E-state index contributed by atoms with van der Waals surface area (Å²) in [6.45, 7) is 2.17. The first-order valence-electron chi connectivity index (χ1n) is 7.30. The third-order valence-corrected chi connectivity index (χ3v) is 3.47. The van der Waals surface area contributed by atoms with Crippen LogP contribution >= 0.6 is 0 Å². The maximum absolute atomic E-state index is 11.9. The quantitative estimate of drug-likeness (QED) is 0.535. The van der Waals surface area contributed by atoms with E-state index in [-0.39, 0.29) is 5.97 Å². The molecule has 3 rings (SSSR count). The van der Waals surface area contributed by atoms with Gasteiger partial charge in [-0.2, -0.15) is 0 Å². The van der Waals surface area contributed by atoms with Gasteiger partial charge in [0.05, 0.1) is 17.8 Å². The minimum absolute atomic E-state index is 0.334. The van der Waals surface area contributed by atoms with Crippen molar-refractivity contribution < 1.29 is 9.53 Å². The fraction of sp³-hybridized carbons (Fsp3) is 0.105. The van der Waals surface area contributed by atoms with Crippen LogP contribution in [0, 0.1) is 0 Å². The zero-order valence-electron chi connectivity index (χ0n) is 12.4. The SMILES string of the molecule is CCOC(=O)C=C(c1ccccc1)n1ccc2ccccc21. The zero-order chi connectivity index (χ0) is 15.4. The lowest BCUT2D eigenvalue weighted by atomic mass is 10.1. The molecular weight excluding hydrogens is 274 g/mol. The monoisotopic (exact) mass is 291 g/mol. The summed E-state index contributed by atoms with van der Waals surface area (Å²) in [5, 5.41) is 1.13. The molecule has 0 aliphatic carbocycles. The molecule has 0 aliphatic rings. The van der Waals surface area contributed by atoms with E-state index in [0.29, 0.717) is 6.61 Å². The van der Waals surface area contributed by atoms with Crippen LogP contribution in [0.4, 0.5) is 0 Å². The summed E-state index contributed by atoms with van der Waals surface area (Å²) in [4.78, 5) is 11.9. The lowest BCUT2D eigenvalue weighted by Crippen LogP contribution is -2.05. The molecular formula is C19H17NO2. The van der Waals surface area contributed by atoms with Gasteiger partial charge < -0.3 is 9.30 Å². The lowest BCUT2D eigenvalue weighted by Gasteiger charge is -2.11. The molecule has 0 saturated heterocycles. The standard InChI is InChI=1S/C19H17NO2/c1-2-22-19(21)14-18(15-8-4-3-5-9-15)20-13-12-16-10-6-7-11-17(16)20/h3-14H,2H2,1H3. The Morgan fingerprint density at radius 1 is 1.05 bits per heavy atom. The van der Waals surface area contributed by atoms with E-state index in [1.807, 2.05) is 65.4 Å². The van der Waals surface area contributed by atoms with E-state index in [9.17, 15) is 4.79 Å². The number of hydrogen-bond acceptors (Lipinski definition) is 2. The summed E-state index contributed by atoms with van der Waals surface area (Å²) in [5.41, 5.74) is 2.83. The van der Waals surface area contributed by atoms with Crippen molar-refractivity contribution >= 4 is 22.6 Å². The van der Waals surface area contributed by atoms with E-state index in [1.165, 1.54) is 0 Å². The molecule has 110 valence electrons. The Kier molecular flexibility index (Phi) is 4.05. The third-order valence-electron chi connectivity index (χ3n) is 3.47. The average Bonchev–Trinajstić information content (AvgIpc) is 2.98. The van der Waals surface area contributed by atoms with Gasteiger partial charge in [-0.1, -0.05) is 48.5 Å². The van der Waals surface area contributed by atoms with Gasteiger partial charge in [-0.25, -0.2) is 4.79 Å². The summed E-state index contributed by atoms with van der Waals surface area (Å²) in [7, 11) is 0. The number of hydrogen-bond donors (Lipinski definition) is 0. The third kappa shape index (κ3) is 2.79. The Morgan fingerprint density at radius 3 is 2.55 bits per heavy atom. The number of ether oxygens (including phenoxy) is 1. The summed E-state index contributed by atoms with van der Waals surface area (Å²) in [6.07, 6.45) is 3.52. The predicted octanol–water partition coefficient (Wildman–Crippen LogP) is 4.09. The van der Waals surface area contributed by atoms with Gasteiger partial charge in [0.2, 0.25) is 0 Å². The number of carbonyl (C=O) groups is 1. The van der Waals surface area contributed by atoms with Crippen LogP contribution in [0.25, 0.3) is 16.6 Å². The highest BCUT2D eigenvalue weighted by Gasteiger charge is 2.10. The summed E-state index contributed by atoms with van der Waals surface area (Å²) < 4.78 is 7.09. The number of carbonyl (C=O) groups excluding carboxylic acids is 1. The van der Waals surface area contributed by atoms with Crippen molar-refractivity contribution in [3.05, 3.63) is 78.5 Å². The number of esters is 1. The number of fused-ring (bicyclic) bond motifs is 1. The molecule has 1 aromatic heterocycles. The molecule has 0 fully saturated rings. The summed E-state index contributed by atoms with van der Waals surface area (Å²) in [6, 6.07) is 20.0. The zero-order valence-corrected chi connectivity index (χ0v) is 12.4. The van der Waals surface area contributed by atoms with Gasteiger partial charge in [0.25, 0.3) is 0 Å². The second-order valence-electron chi connectivity index (χ2n) is 4.89. The first-order valence-corrected chi connectivity index (χ1v) is 7.30. The van der Waals surface area contributed by atoms with Crippen molar-refractivity contribution in [2.45, 2.75) is 6.92 Å². The molecule has 2 aromatic carbocycles. The highest BCUT2D eigenvalue weighted by Crippen LogP contribution is 2.24. The molecule has 0 spiro atoms. The molecule has 3 heteroatoms. The second-order valence-corrected chi connectivity index (χ2v) is 4.89. The van der Waals surface area contributed by atoms with Crippen molar-refractivity contribution in [3.8, 4) is 0 Å². The van der Waals surface area contributed by atoms with Crippen molar-refractivity contribution in [2.24, 2.45) is 0 Å². The normalized spacial score (nSPS) is 11.6. The maximum atomic E-state index is 11.9. The average molecular weight is 291 g/mol. The van der Waals surface area contributed by atoms with E-state index < -0.39 is 0 Å². The van der Waals surface area contributed by atoms with Crippen molar-refractivity contribution in [1.29, 1.82) is 0 Å². The molecule has 22 heavy (non-hydrogen) atoms. The van der Waals surface area contributed by atoms with Crippen LogP contribution in [-0.4, -0.2) is 17.1 Å². The summed E-state index contributed by atoms with van der Waals surface area (Å²) >= 11 is 0. The number of benzene rings is 2. The fourth-order valence-corrected chi connectivity index (χ4v) is 2.49. The van der Waals surface area contributed by atoms with Gasteiger partial charge in [0, 0.05) is 12.3 Å². The first kappa shape index (κ1) is 14.1. The van der Waals surface area contributed by atoms with Gasteiger partial charge in [-0.05, 0) is 30.0 Å². The molecule has 0 amide bonds. The number of aromatic nitrogens is 1. The van der Waals surface area contributed by atoms with Gasteiger partial charge in [-0.15, -0.1) is 0 Å². The Bertz CT molecular complexity index is 816.